The van der Waals surface area contributed by atoms with Crippen molar-refractivity contribution in [2.45, 2.75) is 32.1 Å². The van der Waals surface area contributed by atoms with Gasteiger partial charge in [0.15, 0.2) is 11.5 Å². The van der Waals surface area contributed by atoms with E-state index in [-0.39, 0.29) is 17.7 Å². The molecule has 0 spiro atoms. The lowest BCUT2D eigenvalue weighted by molar-refractivity contribution is -0.137. The predicted octanol–water partition coefficient (Wildman–Crippen LogP) is 2.96. The number of hydrogen-bond acceptors (Lipinski definition) is 5. The van der Waals surface area contributed by atoms with Gasteiger partial charge in [-0.25, -0.2) is 5.01 Å². The Morgan fingerprint density at radius 2 is 1.81 bits per heavy atom. The molecule has 3 rings (SSSR count). The molecule has 6 nitrogen and oxygen atoms in total. The third kappa shape index (κ3) is 4.16. The number of nitrogens with two attached hydrogens (primary N) is 1. The van der Waals surface area contributed by atoms with E-state index in [9.17, 15) is 4.79 Å². The van der Waals surface area contributed by atoms with Gasteiger partial charge in [-0.2, -0.15) is 5.10 Å². The Labute approximate surface area is 161 Å². The molecule has 0 saturated heterocycles. The Kier molecular flexibility index (Phi) is 6.50. The maximum Gasteiger partial charge on any atom is 0.246 e. The van der Waals surface area contributed by atoms with E-state index in [0.717, 1.165) is 43.4 Å². The molecule has 2 aliphatic rings. The molecule has 146 valence electrons. The fraction of sp³-hybridized carbons (Fsp3) is 0.524. The van der Waals surface area contributed by atoms with Gasteiger partial charge in [0.05, 0.1) is 25.8 Å². The second-order valence-electron chi connectivity index (χ2n) is 7.02. The Morgan fingerprint density at radius 1 is 1.07 bits per heavy atom. The van der Waals surface area contributed by atoms with Crippen molar-refractivity contribution in [1.29, 1.82) is 0 Å². The Hall–Kier alpha value is -2.34. The zero-order chi connectivity index (χ0) is 19.2. The number of methoxy groups -OCH3 is 2. The predicted molar refractivity (Wildman–Crippen MR) is 106 cm³/mol. The fourth-order valence-corrected chi connectivity index (χ4v) is 3.84. The van der Waals surface area contributed by atoms with Gasteiger partial charge in [-0.05, 0) is 50.4 Å². The van der Waals surface area contributed by atoms with Crippen molar-refractivity contribution in [2.24, 2.45) is 22.7 Å². The third-order valence-corrected chi connectivity index (χ3v) is 5.34. The highest BCUT2D eigenvalue weighted by molar-refractivity contribution is 6.07. The van der Waals surface area contributed by atoms with Gasteiger partial charge in [-0.15, -0.1) is 0 Å². The van der Waals surface area contributed by atoms with Gasteiger partial charge >= 0.3 is 0 Å². The van der Waals surface area contributed by atoms with Gasteiger partial charge in [0.2, 0.25) is 5.91 Å². The molecule has 0 radical (unpaired) electrons. The second kappa shape index (κ2) is 9.04. The number of hydrazone groups is 1. The maximum atomic E-state index is 12.9. The third-order valence-electron chi connectivity index (χ3n) is 5.34. The van der Waals surface area contributed by atoms with E-state index in [4.69, 9.17) is 20.3 Å². The molecule has 0 fully saturated rings. The molecule has 0 unspecified atom stereocenters. The van der Waals surface area contributed by atoms with Crippen LogP contribution in [0.15, 0.2) is 35.5 Å². The number of hydrogen-bond donors (Lipinski definition) is 1. The summed E-state index contributed by atoms with van der Waals surface area (Å²) in [5.74, 6) is 1.58. The molecule has 1 heterocycles. The number of allylic oxidation sites excluding steroid dienone is 2. The first kappa shape index (κ1) is 19.4. The van der Waals surface area contributed by atoms with Crippen LogP contribution in [0.2, 0.25) is 0 Å². The minimum atomic E-state index is -0.0369. The van der Waals surface area contributed by atoms with Crippen LogP contribution in [0.5, 0.6) is 11.5 Å². The molecule has 1 amide bonds. The van der Waals surface area contributed by atoms with Crippen LogP contribution >= 0.6 is 0 Å². The first-order chi connectivity index (χ1) is 13.2. The maximum absolute atomic E-state index is 12.9. The van der Waals surface area contributed by atoms with Crippen LogP contribution in [0.4, 0.5) is 0 Å². The summed E-state index contributed by atoms with van der Waals surface area (Å²) in [7, 11) is 3.25. The Morgan fingerprint density at radius 3 is 2.52 bits per heavy atom. The molecule has 6 heteroatoms. The number of rotatable bonds is 8. The van der Waals surface area contributed by atoms with Crippen LogP contribution in [0.3, 0.4) is 0 Å². The average Bonchev–Trinajstić information content (AvgIpc) is 2.72. The van der Waals surface area contributed by atoms with Crippen LogP contribution in [0.1, 0.15) is 37.7 Å². The zero-order valence-electron chi connectivity index (χ0n) is 16.2. The monoisotopic (exact) mass is 371 g/mol. The van der Waals surface area contributed by atoms with Crippen LogP contribution in [0, 0.1) is 11.8 Å². The van der Waals surface area contributed by atoms with Gasteiger partial charge < -0.3 is 15.2 Å². The molecule has 1 aliphatic carbocycles. The Balaban J connectivity index is 1.91. The number of nitrogens with zero attached hydrogens (tertiary/aromatic N) is 2. The molecular weight excluding hydrogens is 342 g/mol. The summed E-state index contributed by atoms with van der Waals surface area (Å²) >= 11 is 0. The summed E-state index contributed by atoms with van der Waals surface area (Å²) in [6.07, 6.45) is 8.78. The molecule has 1 aromatic rings. The summed E-state index contributed by atoms with van der Waals surface area (Å²) in [5, 5.41) is 6.45. The largest absolute Gasteiger partial charge is 0.493 e. The summed E-state index contributed by atoms with van der Waals surface area (Å²) < 4.78 is 10.8. The van der Waals surface area contributed by atoms with Crippen molar-refractivity contribution in [3.05, 3.63) is 35.9 Å². The number of unbranched alkanes of at least 4 members (excludes halogenated alkanes) is 2. The van der Waals surface area contributed by atoms with E-state index in [1.54, 1.807) is 19.2 Å². The molecule has 0 bridgehead atoms. The zero-order valence-corrected chi connectivity index (χ0v) is 16.2. The normalized spacial score (nSPS) is 21.7. The van der Waals surface area contributed by atoms with Crippen LogP contribution in [0.25, 0.3) is 0 Å². The van der Waals surface area contributed by atoms with E-state index < -0.39 is 0 Å². The summed E-state index contributed by atoms with van der Waals surface area (Å²) in [6.45, 7) is 1.33. The van der Waals surface area contributed by atoms with Gasteiger partial charge in [0.1, 0.15) is 0 Å². The van der Waals surface area contributed by atoms with E-state index >= 15 is 0 Å². The first-order valence-corrected chi connectivity index (χ1v) is 9.67. The van der Waals surface area contributed by atoms with E-state index in [1.807, 2.05) is 18.2 Å². The molecule has 0 saturated carbocycles. The summed E-state index contributed by atoms with van der Waals surface area (Å²) in [4.78, 5) is 12.9. The van der Waals surface area contributed by atoms with Gasteiger partial charge in [-0.3, -0.25) is 4.79 Å². The lowest BCUT2D eigenvalue weighted by atomic mass is 9.76. The minimum Gasteiger partial charge on any atom is -0.493 e. The van der Waals surface area contributed by atoms with Crippen molar-refractivity contribution in [3.63, 3.8) is 0 Å². The lowest BCUT2D eigenvalue weighted by Crippen LogP contribution is -2.45. The van der Waals surface area contributed by atoms with Crippen molar-refractivity contribution in [3.8, 4) is 11.5 Å². The number of carbonyl (C=O) groups excluding carboxylic acids is 1. The molecule has 2 atom stereocenters. The topological polar surface area (TPSA) is 77.1 Å². The molecule has 2 N–H and O–H groups in total. The molecule has 1 aromatic carbocycles. The standard InChI is InChI=1S/C21H29N3O3/c1-26-18-11-10-15(14-19(18)27-2)20-16-8-4-5-9-17(16)21(25)24(23-20)13-7-3-6-12-22/h4-5,10-11,14,16-17H,3,6-9,12-13,22H2,1-2H3/t16-,17+/m1/s1. The minimum absolute atomic E-state index is 0.0369. The number of benzene rings is 1. The SMILES string of the molecule is COc1ccc(C2=NN(CCCCCN)C(=O)[C@H]3CC=CC[C@@H]23)cc1OC. The van der Waals surface area contributed by atoms with Gasteiger partial charge in [0.25, 0.3) is 0 Å². The molecule has 0 aromatic heterocycles. The van der Waals surface area contributed by atoms with Crippen molar-refractivity contribution < 1.29 is 14.3 Å². The highest BCUT2D eigenvalue weighted by Gasteiger charge is 2.39. The lowest BCUT2D eigenvalue weighted by Gasteiger charge is -2.37. The first-order valence-electron chi connectivity index (χ1n) is 9.67. The number of ether oxygens (including phenoxy) is 2. The van der Waals surface area contributed by atoms with Gasteiger partial charge in [0, 0.05) is 18.0 Å². The number of fused-ring (bicyclic) bond motifs is 1. The number of amides is 1. The van der Waals surface area contributed by atoms with Crippen molar-refractivity contribution in [2.75, 3.05) is 27.3 Å². The molecule has 1 aliphatic heterocycles. The van der Waals surface area contributed by atoms with Crippen molar-refractivity contribution in [1.82, 2.24) is 5.01 Å². The van der Waals surface area contributed by atoms with E-state index in [1.165, 1.54) is 0 Å². The summed E-state index contributed by atoms with van der Waals surface area (Å²) in [6, 6.07) is 5.85. The van der Waals surface area contributed by atoms with E-state index in [0.29, 0.717) is 24.6 Å². The smallest absolute Gasteiger partial charge is 0.246 e. The highest BCUT2D eigenvalue weighted by atomic mass is 16.5. The average molecular weight is 371 g/mol. The summed E-state index contributed by atoms with van der Waals surface area (Å²) in [5.41, 5.74) is 7.52. The quantitative estimate of drug-likeness (QED) is 0.563. The second-order valence-corrected chi connectivity index (χ2v) is 7.02. The van der Waals surface area contributed by atoms with Crippen LogP contribution < -0.4 is 15.2 Å². The fourth-order valence-electron chi connectivity index (χ4n) is 3.84. The van der Waals surface area contributed by atoms with Gasteiger partial charge in [-0.1, -0.05) is 18.6 Å². The molecular formula is C21H29N3O3. The number of carbonyl (C=O) groups is 1. The van der Waals surface area contributed by atoms with Crippen LogP contribution in [-0.4, -0.2) is 43.9 Å². The van der Waals surface area contributed by atoms with Crippen LogP contribution in [-0.2, 0) is 4.79 Å². The van der Waals surface area contributed by atoms with Crippen molar-refractivity contribution >= 4 is 11.6 Å². The molecule has 27 heavy (non-hydrogen) atoms. The highest BCUT2D eigenvalue weighted by Crippen LogP contribution is 2.36. The Bertz CT molecular complexity index is 729. The van der Waals surface area contributed by atoms with E-state index in [2.05, 4.69) is 12.2 Å².